The molecule has 2 unspecified atom stereocenters. The predicted molar refractivity (Wildman–Crippen MR) is 80.7 cm³/mol. The van der Waals surface area contributed by atoms with Crippen LogP contribution >= 0.6 is 27.3 Å². The third kappa shape index (κ3) is 5.08. The normalized spacial score (nSPS) is 15.2. The van der Waals surface area contributed by atoms with Gasteiger partial charge >= 0.3 is 0 Å². The van der Waals surface area contributed by atoms with Gasteiger partial charge in [-0.25, -0.2) is 0 Å². The highest BCUT2D eigenvalue weighted by atomic mass is 79.9. The predicted octanol–water partition coefficient (Wildman–Crippen LogP) is 3.58. The third-order valence-electron chi connectivity index (χ3n) is 3.26. The Kier molecular flexibility index (Phi) is 6.70. The SMILES string of the molecule is CCNCC(C)C(C)N(C)Cc1cc(Br)cs1. The van der Waals surface area contributed by atoms with E-state index in [-0.39, 0.29) is 0 Å². The summed E-state index contributed by atoms with van der Waals surface area (Å²) in [4.78, 5) is 3.85. The number of rotatable bonds is 7. The fourth-order valence-corrected chi connectivity index (χ4v) is 3.32. The molecule has 0 amide bonds. The summed E-state index contributed by atoms with van der Waals surface area (Å²) in [6.45, 7) is 9.96. The van der Waals surface area contributed by atoms with Crippen LogP contribution < -0.4 is 5.32 Å². The standard InChI is InChI=1S/C13H23BrN2S/c1-5-15-7-10(2)11(3)16(4)8-13-6-12(14)9-17-13/h6,9-11,15H,5,7-8H2,1-4H3. The Labute approximate surface area is 118 Å². The van der Waals surface area contributed by atoms with Crippen LogP contribution in [0.1, 0.15) is 25.6 Å². The van der Waals surface area contributed by atoms with Crippen LogP contribution in [-0.4, -0.2) is 31.1 Å². The molecule has 98 valence electrons. The van der Waals surface area contributed by atoms with Crippen molar-refractivity contribution in [2.24, 2.45) is 5.92 Å². The van der Waals surface area contributed by atoms with E-state index >= 15 is 0 Å². The number of thiophene rings is 1. The number of nitrogens with zero attached hydrogens (tertiary/aromatic N) is 1. The van der Waals surface area contributed by atoms with Crippen molar-refractivity contribution in [2.75, 3.05) is 20.1 Å². The summed E-state index contributed by atoms with van der Waals surface area (Å²) >= 11 is 5.32. The Balaban J connectivity index is 2.43. The van der Waals surface area contributed by atoms with Gasteiger partial charge in [-0.1, -0.05) is 13.8 Å². The number of halogens is 1. The maximum Gasteiger partial charge on any atom is 0.0328 e. The van der Waals surface area contributed by atoms with E-state index in [9.17, 15) is 0 Å². The molecule has 0 bridgehead atoms. The van der Waals surface area contributed by atoms with Crippen LogP contribution in [0.2, 0.25) is 0 Å². The van der Waals surface area contributed by atoms with E-state index in [2.05, 4.69) is 65.4 Å². The molecular weight excluding hydrogens is 296 g/mol. The first-order chi connectivity index (χ1) is 8.04. The first-order valence-electron chi connectivity index (χ1n) is 6.18. The minimum absolute atomic E-state index is 0.593. The van der Waals surface area contributed by atoms with Crippen LogP contribution in [0.3, 0.4) is 0 Å². The topological polar surface area (TPSA) is 15.3 Å². The average molecular weight is 319 g/mol. The maximum atomic E-state index is 3.50. The van der Waals surface area contributed by atoms with Crippen molar-refractivity contribution in [3.63, 3.8) is 0 Å². The molecule has 0 aromatic carbocycles. The zero-order chi connectivity index (χ0) is 12.8. The van der Waals surface area contributed by atoms with Gasteiger partial charge in [0, 0.05) is 27.3 Å². The molecule has 1 heterocycles. The average Bonchev–Trinajstić information content (AvgIpc) is 2.70. The third-order valence-corrected chi connectivity index (χ3v) is 4.94. The van der Waals surface area contributed by atoms with Gasteiger partial charge in [-0.05, 0) is 55.0 Å². The molecule has 0 saturated carbocycles. The summed E-state index contributed by atoms with van der Waals surface area (Å²) in [6, 6.07) is 2.80. The minimum atomic E-state index is 0.593. The Bertz CT molecular complexity index is 327. The fraction of sp³-hybridized carbons (Fsp3) is 0.692. The Morgan fingerprint density at radius 2 is 2.18 bits per heavy atom. The van der Waals surface area contributed by atoms with Gasteiger partial charge in [-0.2, -0.15) is 0 Å². The summed E-state index contributed by atoms with van der Waals surface area (Å²) in [5.41, 5.74) is 0. The first kappa shape index (κ1) is 15.2. The van der Waals surface area contributed by atoms with Crippen molar-refractivity contribution in [1.29, 1.82) is 0 Å². The van der Waals surface area contributed by atoms with E-state index in [0.29, 0.717) is 12.0 Å². The van der Waals surface area contributed by atoms with E-state index in [1.807, 2.05) is 11.3 Å². The lowest BCUT2D eigenvalue weighted by Gasteiger charge is -2.29. The molecule has 0 radical (unpaired) electrons. The second-order valence-corrected chi connectivity index (χ2v) is 6.58. The van der Waals surface area contributed by atoms with E-state index in [0.717, 1.165) is 19.6 Å². The molecule has 4 heteroatoms. The first-order valence-corrected chi connectivity index (χ1v) is 7.85. The lowest BCUT2D eigenvalue weighted by molar-refractivity contribution is 0.190. The number of nitrogens with one attached hydrogen (secondary N) is 1. The molecule has 0 aliphatic heterocycles. The summed E-state index contributed by atoms with van der Waals surface area (Å²) in [5.74, 6) is 0.670. The fourth-order valence-electron chi connectivity index (χ4n) is 1.80. The largest absolute Gasteiger partial charge is 0.317 e. The van der Waals surface area contributed by atoms with E-state index in [1.165, 1.54) is 9.35 Å². The molecule has 0 aliphatic rings. The van der Waals surface area contributed by atoms with Crippen molar-refractivity contribution in [3.8, 4) is 0 Å². The molecule has 2 atom stereocenters. The molecule has 1 aromatic heterocycles. The van der Waals surface area contributed by atoms with Gasteiger partial charge in [0.2, 0.25) is 0 Å². The minimum Gasteiger partial charge on any atom is -0.317 e. The van der Waals surface area contributed by atoms with Crippen molar-refractivity contribution in [1.82, 2.24) is 10.2 Å². The number of hydrogen-bond acceptors (Lipinski definition) is 3. The quantitative estimate of drug-likeness (QED) is 0.826. The van der Waals surface area contributed by atoms with Crippen LogP contribution in [-0.2, 0) is 6.54 Å². The van der Waals surface area contributed by atoms with Crippen molar-refractivity contribution in [2.45, 2.75) is 33.4 Å². The second kappa shape index (κ2) is 7.52. The molecule has 0 saturated heterocycles. The molecule has 2 nitrogen and oxygen atoms in total. The van der Waals surface area contributed by atoms with Crippen LogP contribution in [0, 0.1) is 5.92 Å². The van der Waals surface area contributed by atoms with Gasteiger partial charge < -0.3 is 5.32 Å². The second-order valence-electron chi connectivity index (χ2n) is 4.67. The smallest absolute Gasteiger partial charge is 0.0328 e. The van der Waals surface area contributed by atoms with Gasteiger partial charge in [-0.3, -0.25) is 4.90 Å². The molecule has 1 N–H and O–H groups in total. The highest BCUT2D eigenvalue weighted by molar-refractivity contribution is 9.10. The lowest BCUT2D eigenvalue weighted by Crippen LogP contribution is -2.38. The van der Waals surface area contributed by atoms with Gasteiger partial charge in [0.25, 0.3) is 0 Å². The Hall–Kier alpha value is 0.1000. The highest BCUT2D eigenvalue weighted by Gasteiger charge is 2.17. The van der Waals surface area contributed by atoms with Crippen LogP contribution in [0.25, 0.3) is 0 Å². The highest BCUT2D eigenvalue weighted by Crippen LogP contribution is 2.22. The van der Waals surface area contributed by atoms with Crippen LogP contribution in [0.5, 0.6) is 0 Å². The molecule has 1 aromatic rings. The van der Waals surface area contributed by atoms with E-state index in [1.54, 1.807) is 0 Å². The summed E-state index contributed by atoms with van der Waals surface area (Å²) in [6.07, 6.45) is 0. The van der Waals surface area contributed by atoms with Crippen molar-refractivity contribution in [3.05, 3.63) is 20.8 Å². The van der Waals surface area contributed by atoms with E-state index < -0.39 is 0 Å². The Morgan fingerprint density at radius 1 is 1.47 bits per heavy atom. The zero-order valence-corrected chi connectivity index (χ0v) is 13.6. The molecule has 0 fully saturated rings. The summed E-state index contributed by atoms with van der Waals surface area (Å²) in [7, 11) is 2.21. The zero-order valence-electron chi connectivity index (χ0n) is 11.2. The molecule has 17 heavy (non-hydrogen) atoms. The van der Waals surface area contributed by atoms with Crippen molar-refractivity contribution < 1.29 is 0 Å². The monoisotopic (exact) mass is 318 g/mol. The lowest BCUT2D eigenvalue weighted by atomic mass is 10.0. The molecule has 1 rings (SSSR count). The maximum absolute atomic E-state index is 3.50. The molecular formula is C13H23BrN2S. The summed E-state index contributed by atoms with van der Waals surface area (Å²) < 4.78 is 1.19. The van der Waals surface area contributed by atoms with Crippen LogP contribution in [0.15, 0.2) is 15.9 Å². The molecule has 0 spiro atoms. The Morgan fingerprint density at radius 3 is 2.71 bits per heavy atom. The van der Waals surface area contributed by atoms with E-state index in [4.69, 9.17) is 0 Å². The molecule has 0 aliphatic carbocycles. The van der Waals surface area contributed by atoms with Gasteiger partial charge in [-0.15, -0.1) is 11.3 Å². The van der Waals surface area contributed by atoms with Crippen molar-refractivity contribution >= 4 is 27.3 Å². The van der Waals surface area contributed by atoms with Gasteiger partial charge in [0.15, 0.2) is 0 Å². The van der Waals surface area contributed by atoms with Gasteiger partial charge in [0.1, 0.15) is 0 Å². The van der Waals surface area contributed by atoms with Crippen LogP contribution in [0.4, 0.5) is 0 Å². The number of hydrogen-bond donors (Lipinski definition) is 1. The summed E-state index contributed by atoms with van der Waals surface area (Å²) in [5, 5.41) is 5.57. The van der Waals surface area contributed by atoms with Gasteiger partial charge in [0.05, 0.1) is 0 Å².